The highest BCUT2D eigenvalue weighted by molar-refractivity contribution is 5.10. The Balaban J connectivity index is 3.07. The normalized spacial score (nSPS) is 13.6. The fraction of sp³-hybridized carbons (Fsp3) is 0.692. The summed E-state index contributed by atoms with van der Waals surface area (Å²) in [6.45, 7) is 7.27. The highest BCUT2D eigenvalue weighted by atomic mass is 16.5. The lowest BCUT2D eigenvalue weighted by molar-refractivity contribution is -0.0493. The Morgan fingerprint density at radius 2 is 2.00 bits per heavy atom. The summed E-state index contributed by atoms with van der Waals surface area (Å²) in [4.78, 5) is 8.55. The van der Waals surface area contributed by atoms with E-state index in [-0.39, 0.29) is 11.6 Å². The molecule has 1 heterocycles. The van der Waals surface area contributed by atoms with Crippen LogP contribution in [-0.4, -0.2) is 29.2 Å². The van der Waals surface area contributed by atoms with Crippen LogP contribution in [0.15, 0.2) is 18.6 Å². The maximum atomic E-state index is 5.78. The monoisotopic (exact) mass is 237 g/mol. The molecule has 0 aliphatic rings. The summed E-state index contributed by atoms with van der Waals surface area (Å²) < 4.78 is 5.78. The molecule has 0 radical (unpaired) electrons. The molecule has 4 heteroatoms. The number of ether oxygens (including phenoxy) is 1. The van der Waals surface area contributed by atoms with Crippen LogP contribution in [0.1, 0.15) is 45.3 Å². The molecule has 0 spiro atoms. The second-order valence-corrected chi connectivity index (χ2v) is 4.10. The number of hydrogen-bond acceptors (Lipinski definition) is 4. The van der Waals surface area contributed by atoms with E-state index >= 15 is 0 Å². The third kappa shape index (κ3) is 3.01. The molecule has 0 saturated carbocycles. The van der Waals surface area contributed by atoms with Crippen molar-refractivity contribution in [2.75, 3.05) is 13.7 Å². The lowest BCUT2D eigenvalue weighted by Gasteiger charge is -2.38. The predicted molar refractivity (Wildman–Crippen MR) is 68.8 cm³/mol. The molecule has 0 aliphatic heterocycles. The van der Waals surface area contributed by atoms with Crippen molar-refractivity contribution in [3.63, 3.8) is 0 Å². The van der Waals surface area contributed by atoms with Gasteiger partial charge in [0.1, 0.15) is 0 Å². The van der Waals surface area contributed by atoms with E-state index in [0.29, 0.717) is 0 Å². The van der Waals surface area contributed by atoms with Crippen LogP contribution in [0.4, 0.5) is 0 Å². The molecule has 1 unspecified atom stereocenters. The zero-order chi connectivity index (χ0) is 12.7. The van der Waals surface area contributed by atoms with Crippen LogP contribution >= 0.6 is 0 Å². The van der Waals surface area contributed by atoms with Crippen molar-refractivity contribution in [2.45, 2.75) is 45.3 Å². The second kappa shape index (κ2) is 6.67. The number of rotatable bonds is 7. The van der Waals surface area contributed by atoms with Crippen molar-refractivity contribution in [1.29, 1.82) is 0 Å². The van der Waals surface area contributed by atoms with E-state index in [2.05, 4.69) is 36.1 Å². The van der Waals surface area contributed by atoms with Crippen molar-refractivity contribution >= 4 is 0 Å². The van der Waals surface area contributed by atoms with Crippen LogP contribution in [-0.2, 0) is 4.74 Å². The Morgan fingerprint density at radius 3 is 2.41 bits per heavy atom. The molecule has 0 saturated heterocycles. The van der Waals surface area contributed by atoms with Crippen molar-refractivity contribution in [3.8, 4) is 0 Å². The van der Waals surface area contributed by atoms with E-state index in [1.165, 1.54) is 0 Å². The van der Waals surface area contributed by atoms with E-state index in [0.717, 1.165) is 25.1 Å². The van der Waals surface area contributed by atoms with Crippen LogP contribution in [0.25, 0.3) is 0 Å². The topological polar surface area (TPSA) is 47.0 Å². The first-order valence-electron chi connectivity index (χ1n) is 6.28. The lowest BCUT2D eigenvalue weighted by atomic mass is 9.86. The van der Waals surface area contributed by atoms with E-state index in [1.807, 2.05) is 6.20 Å². The first kappa shape index (κ1) is 14.1. The SMILES string of the molecule is CCNC(c1cnccn1)C(CC)(CC)OC. The summed E-state index contributed by atoms with van der Waals surface area (Å²) >= 11 is 0. The highest BCUT2D eigenvalue weighted by Crippen LogP contribution is 2.33. The standard InChI is InChI=1S/C13H23N3O/c1-5-13(6-2,17-4)12(15-7-3)11-10-14-8-9-16-11/h8-10,12,15H,5-7H2,1-4H3. The first-order valence-corrected chi connectivity index (χ1v) is 6.28. The molecule has 96 valence electrons. The Bertz CT molecular complexity index is 303. The smallest absolute Gasteiger partial charge is 0.0883 e. The number of likely N-dealkylation sites (N-methyl/N-ethyl adjacent to an activating group) is 1. The summed E-state index contributed by atoms with van der Waals surface area (Å²) in [5.74, 6) is 0. The van der Waals surface area contributed by atoms with Gasteiger partial charge in [-0.1, -0.05) is 20.8 Å². The Hall–Kier alpha value is -1.00. The van der Waals surface area contributed by atoms with Crippen LogP contribution in [0, 0.1) is 0 Å². The van der Waals surface area contributed by atoms with Gasteiger partial charge in [0.05, 0.1) is 23.5 Å². The minimum absolute atomic E-state index is 0.0844. The van der Waals surface area contributed by atoms with Gasteiger partial charge in [0.2, 0.25) is 0 Å². The first-order chi connectivity index (χ1) is 8.24. The zero-order valence-electron chi connectivity index (χ0n) is 11.2. The molecule has 0 aliphatic carbocycles. The summed E-state index contributed by atoms with van der Waals surface area (Å²) in [5, 5.41) is 3.47. The summed E-state index contributed by atoms with van der Waals surface area (Å²) in [5.41, 5.74) is 0.728. The third-order valence-electron chi connectivity index (χ3n) is 3.42. The second-order valence-electron chi connectivity index (χ2n) is 4.10. The van der Waals surface area contributed by atoms with Crippen molar-refractivity contribution in [3.05, 3.63) is 24.3 Å². The van der Waals surface area contributed by atoms with Gasteiger partial charge < -0.3 is 10.1 Å². The fourth-order valence-corrected chi connectivity index (χ4v) is 2.29. The van der Waals surface area contributed by atoms with E-state index < -0.39 is 0 Å². The van der Waals surface area contributed by atoms with Crippen LogP contribution in [0.5, 0.6) is 0 Å². The Kier molecular flexibility index (Phi) is 5.51. The van der Waals surface area contributed by atoms with Gasteiger partial charge in [-0.25, -0.2) is 0 Å². The number of nitrogens with one attached hydrogen (secondary N) is 1. The number of hydrogen-bond donors (Lipinski definition) is 1. The number of methoxy groups -OCH3 is 1. The van der Waals surface area contributed by atoms with Gasteiger partial charge in [0, 0.05) is 19.5 Å². The zero-order valence-corrected chi connectivity index (χ0v) is 11.2. The molecule has 1 aromatic heterocycles. The van der Waals surface area contributed by atoms with E-state index in [4.69, 9.17) is 4.74 Å². The lowest BCUT2D eigenvalue weighted by Crippen LogP contribution is -2.45. The Morgan fingerprint density at radius 1 is 1.29 bits per heavy atom. The fourth-order valence-electron chi connectivity index (χ4n) is 2.29. The molecule has 1 aromatic rings. The molecule has 1 N–H and O–H groups in total. The maximum Gasteiger partial charge on any atom is 0.0883 e. The quantitative estimate of drug-likeness (QED) is 0.790. The van der Waals surface area contributed by atoms with Crippen LogP contribution < -0.4 is 5.32 Å². The average Bonchev–Trinajstić information content (AvgIpc) is 2.41. The summed E-state index contributed by atoms with van der Waals surface area (Å²) in [6.07, 6.45) is 7.11. The molecule has 0 aromatic carbocycles. The van der Waals surface area contributed by atoms with Gasteiger partial charge in [-0.3, -0.25) is 9.97 Å². The highest BCUT2D eigenvalue weighted by Gasteiger charge is 2.37. The number of nitrogens with zero attached hydrogens (tertiary/aromatic N) is 2. The molecular weight excluding hydrogens is 214 g/mol. The minimum Gasteiger partial charge on any atom is -0.376 e. The van der Waals surface area contributed by atoms with Crippen LogP contribution in [0.2, 0.25) is 0 Å². The van der Waals surface area contributed by atoms with Gasteiger partial charge in [-0.2, -0.15) is 0 Å². The van der Waals surface area contributed by atoms with Gasteiger partial charge in [-0.05, 0) is 19.4 Å². The van der Waals surface area contributed by atoms with Crippen molar-refractivity contribution < 1.29 is 4.74 Å². The van der Waals surface area contributed by atoms with Gasteiger partial charge in [-0.15, -0.1) is 0 Å². The van der Waals surface area contributed by atoms with E-state index in [1.54, 1.807) is 19.5 Å². The average molecular weight is 237 g/mol. The largest absolute Gasteiger partial charge is 0.376 e. The van der Waals surface area contributed by atoms with Gasteiger partial charge in [0.15, 0.2) is 0 Å². The third-order valence-corrected chi connectivity index (χ3v) is 3.42. The molecule has 4 nitrogen and oxygen atoms in total. The molecule has 0 bridgehead atoms. The van der Waals surface area contributed by atoms with Crippen molar-refractivity contribution in [1.82, 2.24) is 15.3 Å². The van der Waals surface area contributed by atoms with E-state index in [9.17, 15) is 0 Å². The van der Waals surface area contributed by atoms with Gasteiger partial charge in [0.25, 0.3) is 0 Å². The van der Waals surface area contributed by atoms with Crippen molar-refractivity contribution in [2.24, 2.45) is 0 Å². The van der Waals surface area contributed by atoms with Crippen LogP contribution in [0.3, 0.4) is 0 Å². The molecule has 17 heavy (non-hydrogen) atoms. The molecular formula is C13H23N3O. The van der Waals surface area contributed by atoms with Gasteiger partial charge >= 0.3 is 0 Å². The Labute approximate surface area is 104 Å². The summed E-state index contributed by atoms with van der Waals surface area (Å²) in [7, 11) is 1.77. The summed E-state index contributed by atoms with van der Waals surface area (Å²) in [6, 6.07) is 0.0844. The maximum absolute atomic E-state index is 5.78. The molecule has 1 atom stereocenters. The predicted octanol–water partition coefficient (Wildman–Crippen LogP) is 2.33. The molecule has 1 rings (SSSR count). The molecule has 0 amide bonds. The molecule has 0 fully saturated rings. The minimum atomic E-state index is -0.216. The number of aromatic nitrogens is 2.